The van der Waals surface area contributed by atoms with Gasteiger partial charge in [0.05, 0.1) is 0 Å². The van der Waals surface area contributed by atoms with E-state index in [2.05, 4.69) is 26.1 Å². The summed E-state index contributed by atoms with van der Waals surface area (Å²) < 4.78 is 0. The van der Waals surface area contributed by atoms with E-state index >= 15 is 0 Å². The van der Waals surface area contributed by atoms with Crippen LogP contribution in [0.25, 0.3) is 0 Å². The summed E-state index contributed by atoms with van der Waals surface area (Å²) in [4.78, 5) is 0. The van der Waals surface area contributed by atoms with E-state index in [9.17, 15) is 0 Å². The maximum Gasteiger partial charge on any atom is 0.0431 e. The second-order valence-electron chi connectivity index (χ2n) is 5.93. The van der Waals surface area contributed by atoms with Crippen molar-refractivity contribution < 1.29 is 5.11 Å². The zero-order valence-corrected chi connectivity index (χ0v) is 11.7. The van der Waals surface area contributed by atoms with E-state index in [1.54, 1.807) is 0 Å². The highest BCUT2D eigenvalue weighted by Crippen LogP contribution is 2.37. The standard InChI is InChI=1S/C14H30N2O/c1-11-6-4-8-14(10-15,13(11)3)16-12(2)7-5-9-17/h11-13,16-17H,4-10,15H2,1-3H3. The lowest BCUT2D eigenvalue weighted by Gasteiger charge is -2.47. The zero-order chi connectivity index (χ0) is 12.9. The van der Waals surface area contributed by atoms with Crippen molar-refractivity contribution in [3.8, 4) is 0 Å². The van der Waals surface area contributed by atoms with Gasteiger partial charge in [-0.15, -0.1) is 0 Å². The van der Waals surface area contributed by atoms with E-state index in [4.69, 9.17) is 10.8 Å². The van der Waals surface area contributed by atoms with Crippen LogP contribution in [0.15, 0.2) is 0 Å². The van der Waals surface area contributed by atoms with Crippen molar-refractivity contribution >= 4 is 0 Å². The molecule has 0 spiro atoms. The normalized spacial score (nSPS) is 35.8. The molecule has 4 N–H and O–H groups in total. The molecule has 0 bridgehead atoms. The third kappa shape index (κ3) is 3.67. The third-order valence-electron chi connectivity index (χ3n) is 4.70. The molecule has 0 saturated heterocycles. The van der Waals surface area contributed by atoms with Crippen LogP contribution in [-0.2, 0) is 0 Å². The molecule has 0 heterocycles. The average Bonchev–Trinajstić information content (AvgIpc) is 2.32. The maximum absolute atomic E-state index is 8.88. The molecule has 1 fully saturated rings. The summed E-state index contributed by atoms with van der Waals surface area (Å²) in [7, 11) is 0. The Balaban J connectivity index is 2.60. The van der Waals surface area contributed by atoms with E-state index in [1.807, 2.05) is 0 Å². The van der Waals surface area contributed by atoms with E-state index in [0.717, 1.165) is 25.3 Å². The highest BCUT2D eigenvalue weighted by atomic mass is 16.2. The molecule has 0 radical (unpaired) electrons. The first-order valence-corrected chi connectivity index (χ1v) is 7.14. The lowest BCUT2D eigenvalue weighted by Crippen LogP contribution is -2.61. The highest BCUT2D eigenvalue weighted by Gasteiger charge is 2.40. The lowest BCUT2D eigenvalue weighted by molar-refractivity contribution is 0.0982. The summed E-state index contributed by atoms with van der Waals surface area (Å²) in [6, 6.07) is 0.443. The first kappa shape index (κ1) is 14.9. The molecule has 1 aliphatic rings. The van der Waals surface area contributed by atoms with Crippen molar-refractivity contribution in [2.45, 2.75) is 64.5 Å². The molecule has 1 saturated carbocycles. The summed E-state index contributed by atoms with van der Waals surface area (Å²) in [6.45, 7) is 7.89. The zero-order valence-electron chi connectivity index (χ0n) is 11.7. The molecule has 102 valence electrons. The number of hydrogen-bond acceptors (Lipinski definition) is 3. The van der Waals surface area contributed by atoms with Gasteiger partial charge in [-0.3, -0.25) is 0 Å². The van der Waals surface area contributed by atoms with Crippen LogP contribution in [0.2, 0.25) is 0 Å². The lowest BCUT2D eigenvalue weighted by atomic mass is 9.68. The third-order valence-corrected chi connectivity index (χ3v) is 4.70. The van der Waals surface area contributed by atoms with Crippen molar-refractivity contribution in [1.29, 1.82) is 0 Å². The Morgan fingerprint density at radius 2 is 2.18 bits per heavy atom. The molecule has 3 heteroatoms. The SMILES string of the molecule is CC(CCCO)NC1(CN)CCCC(C)C1C. The molecule has 0 aromatic rings. The van der Waals surface area contributed by atoms with Gasteiger partial charge in [0.1, 0.15) is 0 Å². The predicted octanol–water partition coefficient (Wildman–Crippen LogP) is 1.89. The monoisotopic (exact) mass is 242 g/mol. The van der Waals surface area contributed by atoms with Crippen LogP contribution < -0.4 is 11.1 Å². The molecule has 17 heavy (non-hydrogen) atoms. The van der Waals surface area contributed by atoms with Crippen LogP contribution in [0.3, 0.4) is 0 Å². The summed E-state index contributed by atoms with van der Waals surface area (Å²) >= 11 is 0. The fourth-order valence-electron chi connectivity index (χ4n) is 3.27. The number of aliphatic hydroxyl groups excluding tert-OH is 1. The van der Waals surface area contributed by atoms with Gasteiger partial charge in [-0.25, -0.2) is 0 Å². The molecule has 4 atom stereocenters. The van der Waals surface area contributed by atoms with Crippen LogP contribution in [0.5, 0.6) is 0 Å². The molecule has 1 rings (SSSR count). The first-order chi connectivity index (χ1) is 8.05. The van der Waals surface area contributed by atoms with Crippen LogP contribution >= 0.6 is 0 Å². The fourth-order valence-corrected chi connectivity index (χ4v) is 3.27. The fraction of sp³-hybridized carbons (Fsp3) is 1.00. The van der Waals surface area contributed by atoms with Crippen molar-refractivity contribution in [3.63, 3.8) is 0 Å². The predicted molar refractivity (Wildman–Crippen MR) is 72.9 cm³/mol. The van der Waals surface area contributed by atoms with Crippen molar-refractivity contribution in [1.82, 2.24) is 5.32 Å². The molecular weight excluding hydrogens is 212 g/mol. The second-order valence-corrected chi connectivity index (χ2v) is 5.93. The minimum atomic E-state index is 0.118. The number of nitrogens with two attached hydrogens (primary N) is 1. The Morgan fingerprint density at radius 1 is 1.47 bits per heavy atom. The molecule has 0 aliphatic heterocycles. The molecule has 1 aliphatic carbocycles. The maximum atomic E-state index is 8.88. The summed E-state index contributed by atoms with van der Waals surface area (Å²) in [5.74, 6) is 1.39. The molecule has 3 nitrogen and oxygen atoms in total. The van der Waals surface area contributed by atoms with Crippen molar-refractivity contribution in [2.75, 3.05) is 13.2 Å². The molecule has 0 aromatic carbocycles. The summed E-state index contributed by atoms with van der Waals surface area (Å²) in [6.07, 6.45) is 5.70. The Morgan fingerprint density at radius 3 is 2.76 bits per heavy atom. The Kier molecular flexibility index (Phi) is 5.90. The van der Waals surface area contributed by atoms with Gasteiger partial charge in [-0.1, -0.05) is 26.7 Å². The molecular formula is C14H30N2O. The minimum absolute atomic E-state index is 0.118. The molecule has 0 amide bonds. The number of hydrogen-bond donors (Lipinski definition) is 3. The van der Waals surface area contributed by atoms with Gasteiger partial charge >= 0.3 is 0 Å². The minimum Gasteiger partial charge on any atom is -0.396 e. The summed E-state index contributed by atoms with van der Waals surface area (Å²) in [5.41, 5.74) is 6.17. The van der Waals surface area contributed by atoms with E-state index in [0.29, 0.717) is 12.0 Å². The van der Waals surface area contributed by atoms with Gasteiger partial charge in [0.2, 0.25) is 0 Å². The second kappa shape index (κ2) is 6.72. The van der Waals surface area contributed by atoms with E-state index < -0.39 is 0 Å². The smallest absolute Gasteiger partial charge is 0.0431 e. The average molecular weight is 242 g/mol. The van der Waals surface area contributed by atoms with Crippen LogP contribution in [0, 0.1) is 11.8 Å². The Hall–Kier alpha value is -0.120. The number of nitrogens with one attached hydrogen (secondary N) is 1. The number of aliphatic hydroxyl groups is 1. The molecule has 0 aromatic heterocycles. The van der Waals surface area contributed by atoms with Gasteiger partial charge < -0.3 is 16.2 Å². The molecule has 4 unspecified atom stereocenters. The topological polar surface area (TPSA) is 58.3 Å². The largest absolute Gasteiger partial charge is 0.396 e. The van der Waals surface area contributed by atoms with Crippen LogP contribution in [0.1, 0.15) is 52.9 Å². The van der Waals surface area contributed by atoms with Gasteiger partial charge in [0.25, 0.3) is 0 Å². The highest BCUT2D eigenvalue weighted by molar-refractivity contribution is 4.99. The first-order valence-electron chi connectivity index (χ1n) is 7.14. The van der Waals surface area contributed by atoms with Gasteiger partial charge in [0, 0.05) is 24.7 Å². The summed E-state index contributed by atoms with van der Waals surface area (Å²) in [5, 5.41) is 12.6. The number of rotatable bonds is 6. The Labute approximate surface area is 106 Å². The van der Waals surface area contributed by atoms with Crippen LogP contribution in [-0.4, -0.2) is 29.8 Å². The van der Waals surface area contributed by atoms with Crippen molar-refractivity contribution in [3.05, 3.63) is 0 Å². The van der Waals surface area contributed by atoms with Gasteiger partial charge in [0.15, 0.2) is 0 Å². The van der Waals surface area contributed by atoms with E-state index in [1.165, 1.54) is 19.3 Å². The van der Waals surface area contributed by atoms with Crippen LogP contribution in [0.4, 0.5) is 0 Å². The van der Waals surface area contributed by atoms with Crippen molar-refractivity contribution in [2.24, 2.45) is 17.6 Å². The van der Waals surface area contributed by atoms with Gasteiger partial charge in [-0.2, -0.15) is 0 Å². The van der Waals surface area contributed by atoms with E-state index in [-0.39, 0.29) is 12.1 Å². The Bertz CT molecular complexity index is 222. The quantitative estimate of drug-likeness (QED) is 0.666. The van der Waals surface area contributed by atoms with Gasteiger partial charge in [-0.05, 0) is 38.0 Å².